The lowest BCUT2D eigenvalue weighted by Gasteiger charge is -2.32. The van der Waals surface area contributed by atoms with Crippen molar-refractivity contribution in [3.8, 4) is 6.07 Å². The molecule has 0 aromatic heterocycles. The van der Waals surface area contributed by atoms with Gasteiger partial charge in [0.25, 0.3) is 0 Å². The van der Waals surface area contributed by atoms with Crippen LogP contribution in [-0.4, -0.2) is 51.3 Å². The van der Waals surface area contributed by atoms with Gasteiger partial charge in [-0.25, -0.2) is 13.2 Å². The van der Waals surface area contributed by atoms with Crippen molar-refractivity contribution in [1.29, 1.82) is 5.26 Å². The molecule has 1 fully saturated rings. The number of piperidine rings is 1. The van der Waals surface area contributed by atoms with Gasteiger partial charge in [0.05, 0.1) is 28.7 Å². The number of nitrogens with zero attached hydrogens (tertiary/aromatic N) is 3. The highest BCUT2D eigenvalue weighted by atomic mass is 32.2. The number of carbonyl (C=O) groups excluding carboxylic acids is 2. The van der Waals surface area contributed by atoms with Crippen molar-refractivity contribution in [2.24, 2.45) is 5.92 Å². The molecule has 0 bridgehead atoms. The number of amides is 1. The Morgan fingerprint density at radius 3 is 2.41 bits per heavy atom. The van der Waals surface area contributed by atoms with E-state index in [2.05, 4.69) is 6.07 Å². The fourth-order valence-corrected chi connectivity index (χ4v) is 5.12. The van der Waals surface area contributed by atoms with Crippen LogP contribution in [0.1, 0.15) is 35.7 Å². The van der Waals surface area contributed by atoms with Crippen LogP contribution in [0.3, 0.4) is 0 Å². The van der Waals surface area contributed by atoms with E-state index in [-0.39, 0.29) is 36.4 Å². The van der Waals surface area contributed by atoms with Gasteiger partial charge in [0.2, 0.25) is 15.9 Å². The lowest BCUT2D eigenvalue weighted by atomic mass is 9.96. The monoisotopic (exact) mass is 455 g/mol. The Morgan fingerprint density at radius 2 is 1.81 bits per heavy atom. The first-order valence-electron chi connectivity index (χ1n) is 10.3. The van der Waals surface area contributed by atoms with Crippen molar-refractivity contribution >= 4 is 27.6 Å². The van der Waals surface area contributed by atoms with Gasteiger partial charge in [0, 0.05) is 31.7 Å². The summed E-state index contributed by atoms with van der Waals surface area (Å²) in [5.74, 6) is -0.903. The molecule has 168 valence electrons. The van der Waals surface area contributed by atoms with Crippen LogP contribution in [0.4, 0.5) is 5.69 Å². The van der Waals surface area contributed by atoms with Gasteiger partial charge < -0.3 is 9.64 Å². The van der Waals surface area contributed by atoms with Crippen molar-refractivity contribution in [2.45, 2.75) is 24.7 Å². The Hall–Kier alpha value is -3.22. The molecule has 1 heterocycles. The van der Waals surface area contributed by atoms with E-state index in [0.29, 0.717) is 29.7 Å². The number of nitriles is 1. The second kappa shape index (κ2) is 9.94. The van der Waals surface area contributed by atoms with Crippen LogP contribution in [-0.2, 0) is 19.6 Å². The van der Waals surface area contributed by atoms with Gasteiger partial charge in [-0.1, -0.05) is 6.07 Å². The Morgan fingerprint density at radius 1 is 1.16 bits per heavy atom. The zero-order valence-corrected chi connectivity index (χ0v) is 18.8. The summed E-state index contributed by atoms with van der Waals surface area (Å²) < 4.78 is 32.2. The first-order chi connectivity index (χ1) is 15.3. The second-order valence-electron chi connectivity index (χ2n) is 7.48. The minimum atomic E-state index is -3.73. The Kier molecular flexibility index (Phi) is 7.28. The molecule has 32 heavy (non-hydrogen) atoms. The maximum absolute atomic E-state index is 13.0. The number of hydrogen-bond donors (Lipinski definition) is 0. The number of carbonyl (C=O) groups is 2. The molecule has 2 aromatic carbocycles. The number of benzene rings is 2. The second-order valence-corrected chi connectivity index (χ2v) is 9.42. The van der Waals surface area contributed by atoms with Crippen molar-refractivity contribution in [2.75, 3.05) is 31.6 Å². The van der Waals surface area contributed by atoms with Crippen LogP contribution >= 0.6 is 0 Å². The van der Waals surface area contributed by atoms with E-state index in [9.17, 15) is 18.0 Å². The largest absolute Gasteiger partial charge is 0.462 e. The minimum absolute atomic E-state index is 0.0979. The highest BCUT2D eigenvalue weighted by molar-refractivity contribution is 7.89. The molecule has 1 aliphatic heterocycles. The highest BCUT2D eigenvalue weighted by Crippen LogP contribution is 2.27. The van der Waals surface area contributed by atoms with Crippen LogP contribution in [0.25, 0.3) is 0 Å². The van der Waals surface area contributed by atoms with E-state index in [1.165, 1.54) is 33.5 Å². The number of rotatable bonds is 6. The summed E-state index contributed by atoms with van der Waals surface area (Å²) in [6, 6.07) is 14.5. The molecule has 1 aliphatic rings. The third kappa shape index (κ3) is 4.98. The number of anilines is 1. The Balaban J connectivity index is 1.64. The third-order valence-corrected chi connectivity index (χ3v) is 7.41. The quantitative estimate of drug-likeness (QED) is 0.620. The molecular formula is C23H25N3O5S. The third-order valence-electron chi connectivity index (χ3n) is 5.50. The topological polar surface area (TPSA) is 108 Å². The molecule has 0 unspecified atom stereocenters. The zero-order chi connectivity index (χ0) is 23.3. The fourth-order valence-electron chi connectivity index (χ4n) is 3.65. The predicted molar refractivity (Wildman–Crippen MR) is 118 cm³/mol. The van der Waals surface area contributed by atoms with Crippen LogP contribution in [0.2, 0.25) is 0 Å². The maximum Gasteiger partial charge on any atom is 0.338 e. The van der Waals surface area contributed by atoms with E-state index < -0.39 is 16.0 Å². The van der Waals surface area contributed by atoms with Crippen LogP contribution in [0.5, 0.6) is 0 Å². The van der Waals surface area contributed by atoms with Crippen LogP contribution in [0.15, 0.2) is 53.4 Å². The average molecular weight is 456 g/mol. The summed E-state index contributed by atoms with van der Waals surface area (Å²) in [5.41, 5.74) is 1.39. The van der Waals surface area contributed by atoms with Crippen molar-refractivity contribution in [1.82, 2.24) is 4.31 Å². The Labute approximate surface area is 188 Å². The summed E-state index contributed by atoms with van der Waals surface area (Å²) in [6.45, 7) is 2.40. The van der Waals surface area contributed by atoms with Gasteiger partial charge in [0.15, 0.2) is 0 Å². The van der Waals surface area contributed by atoms with Crippen molar-refractivity contribution < 1.29 is 22.7 Å². The molecule has 0 saturated carbocycles. The molecular weight excluding hydrogens is 430 g/mol. The number of ether oxygens (including phenoxy) is 1. The molecule has 0 spiro atoms. The van der Waals surface area contributed by atoms with Gasteiger partial charge in [-0.3, -0.25) is 4.79 Å². The van der Waals surface area contributed by atoms with E-state index in [4.69, 9.17) is 10.00 Å². The average Bonchev–Trinajstić information content (AvgIpc) is 2.83. The molecule has 2 aromatic rings. The van der Waals surface area contributed by atoms with Gasteiger partial charge in [-0.15, -0.1) is 0 Å². The number of sulfonamides is 1. The zero-order valence-electron chi connectivity index (χ0n) is 18.0. The fraction of sp³-hybridized carbons (Fsp3) is 0.348. The van der Waals surface area contributed by atoms with E-state index in [1.807, 2.05) is 0 Å². The van der Waals surface area contributed by atoms with Gasteiger partial charge >= 0.3 is 5.97 Å². The van der Waals surface area contributed by atoms with Crippen molar-refractivity contribution in [3.63, 3.8) is 0 Å². The summed E-state index contributed by atoms with van der Waals surface area (Å²) in [7, 11) is -2.07. The van der Waals surface area contributed by atoms with Gasteiger partial charge in [0.1, 0.15) is 0 Å². The molecule has 9 heteroatoms. The normalized spacial score (nSPS) is 15.0. The number of hydrogen-bond acceptors (Lipinski definition) is 6. The molecule has 0 N–H and O–H groups in total. The molecule has 0 aliphatic carbocycles. The smallest absolute Gasteiger partial charge is 0.338 e. The number of esters is 1. The lowest BCUT2D eigenvalue weighted by molar-refractivity contribution is -0.123. The van der Waals surface area contributed by atoms with Gasteiger partial charge in [-0.2, -0.15) is 9.57 Å². The molecule has 1 saturated heterocycles. The molecule has 1 amide bonds. The van der Waals surface area contributed by atoms with Gasteiger partial charge in [-0.05, 0) is 62.2 Å². The van der Waals surface area contributed by atoms with Crippen LogP contribution < -0.4 is 4.90 Å². The molecule has 0 radical (unpaired) electrons. The standard InChI is InChI=1S/C23H25N3O5S/c1-3-31-23(28)19-7-9-21(10-8-19)32(29,30)26-13-11-18(12-14-26)22(27)25(2)20-6-4-5-17(15-20)16-24/h4-10,15,18H,3,11-14H2,1-2H3. The molecule has 0 atom stereocenters. The van der Waals surface area contributed by atoms with E-state index in [1.54, 1.807) is 38.2 Å². The van der Waals surface area contributed by atoms with E-state index >= 15 is 0 Å². The minimum Gasteiger partial charge on any atom is -0.462 e. The summed E-state index contributed by atoms with van der Waals surface area (Å²) >= 11 is 0. The van der Waals surface area contributed by atoms with E-state index in [0.717, 1.165) is 0 Å². The first-order valence-corrected chi connectivity index (χ1v) is 11.8. The molecule has 3 rings (SSSR count). The molecule has 8 nitrogen and oxygen atoms in total. The summed E-state index contributed by atoms with van der Waals surface area (Å²) in [4.78, 5) is 26.3. The predicted octanol–water partition coefficient (Wildman–Crippen LogP) is 2.80. The highest BCUT2D eigenvalue weighted by Gasteiger charge is 2.33. The summed E-state index contributed by atoms with van der Waals surface area (Å²) in [5, 5.41) is 9.06. The summed E-state index contributed by atoms with van der Waals surface area (Å²) in [6.07, 6.45) is 0.808. The first kappa shape index (κ1) is 23.4. The SMILES string of the molecule is CCOC(=O)c1ccc(S(=O)(=O)N2CCC(C(=O)N(C)c3cccc(C#N)c3)CC2)cc1. The lowest BCUT2D eigenvalue weighted by Crippen LogP contribution is -2.43. The van der Waals surface area contributed by atoms with Crippen LogP contribution in [0, 0.1) is 17.2 Å². The van der Waals surface area contributed by atoms with Crippen molar-refractivity contribution in [3.05, 3.63) is 59.7 Å². The maximum atomic E-state index is 13.0. The Bertz CT molecular complexity index is 1130.